The molecule has 2 rings (SSSR count). The number of nitrogens with one attached hydrogen (secondary N) is 1. The Kier molecular flexibility index (Phi) is 3.27. The van der Waals surface area contributed by atoms with E-state index in [1.54, 1.807) is 6.20 Å². The molecule has 0 radical (unpaired) electrons. The van der Waals surface area contributed by atoms with Crippen molar-refractivity contribution in [2.75, 3.05) is 7.11 Å². The van der Waals surface area contributed by atoms with E-state index in [-0.39, 0.29) is 11.6 Å². The number of aromatic nitrogens is 2. The summed E-state index contributed by atoms with van der Waals surface area (Å²) < 4.78 is 4.89. The molecule has 0 aromatic carbocycles. The lowest BCUT2D eigenvalue weighted by atomic mass is 9.80. The topological polar surface area (TPSA) is 55.0 Å². The van der Waals surface area contributed by atoms with Crippen molar-refractivity contribution in [3.63, 3.8) is 0 Å². The van der Waals surface area contributed by atoms with Crippen LogP contribution in [0, 0.1) is 5.92 Å². The van der Waals surface area contributed by atoms with Gasteiger partial charge in [0.25, 0.3) is 11.6 Å². The van der Waals surface area contributed by atoms with Crippen molar-refractivity contribution in [2.24, 2.45) is 5.92 Å². The Hall–Kier alpha value is -1.32. The molecule has 0 bridgehead atoms. The van der Waals surface area contributed by atoms with Gasteiger partial charge in [-0.2, -0.15) is 0 Å². The van der Waals surface area contributed by atoms with Crippen molar-refractivity contribution in [3.8, 4) is 6.01 Å². The Morgan fingerprint density at radius 3 is 2.62 bits per heavy atom. The maximum absolute atomic E-state index is 11.8. The number of hydrogen-bond donors (Lipinski definition) is 1. The first kappa shape index (κ1) is 11.2. The van der Waals surface area contributed by atoms with E-state index in [4.69, 9.17) is 4.74 Å². The van der Waals surface area contributed by atoms with Crippen LogP contribution in [0.5, 0.6) is 6.01 Å². The highest BCUT2D eigenvalue weighted by Gasteiger charge is 2.22. The average Bonchev–Trinajstić information content (AvgIpc) is 2.30. The fraction of sp³-hybridized carbons (Fsp3) is 0.667. The van der Waals surface area contributed by atoms with E-state index in [9.17, 15) is 4.79 Å². The van der Waals surface area contributed by atoms with Gasteiger partial charge in [-0.3, -0.25) is 9.78 Å². The molecule has 88 valence electrons. The smallest absolute Gasteiger partial charge is 0.296 e. The largest absolute Gasteiger partial charge is 0.468 e. The first-order valence-electron chi connectivity index (χ1n) is 5.84. The fourth-order valence-corrected chi connectivity index (χ4v) is 2.35. The third kappa shape index (κ3) is 2.26. The summed E-state index contributed by atoms with van der Waals surface area (Å²) in [6.45, 7) is 2.27. The number of ether oxygens (including phenoxy) is 1. The van der Waals surface area contributed by atoms with Crippen LogP contribution in [0.4, 0.5) is 0 Å². The normalized spacial score (nSPS) is 25.4. The molecule has 4 nitrogen and oxygen atoms in total. The van der Waals surface area contributed by atoms with E-state index < -0.39 is 0 Å². The van der Waals surface area contributed by atoms with Crippen LogP contribution in [0.1, 0.15) is 44.1 Å². The van der Waals surface area contributed by atoms with E-state index in [0.717, 1.165) is 24.3 Å². The van der Waals surface area contributed by atoms with E-state index in [0.29, 0.717) is 5.92 Å². The molecule has 0 spiro atoms. The molecule has 1 aromatic heterocycles. The van der Waals surface area contributed by atoms with Crippen molar-refractivity contribution < 1.29 is 4.74 Å². The van der Waals surface area contributed by atoms with Gasteiger partial charge in [0.15, 0.2) is 0 Å². The molecule has 4 heteroatoms. The number of aromatic amines is 1. The zero-order valence-electron chi connectivity index (χ0n) is 9.82. The minimum absolute atomic E-state index is 0.0496. The number of methoxy groups -OCH3 is 1. The van der Waals surface area contributed by atoms with Crippen LogP contribution < -0.4 is 10.3 Å². The SMILES string of the molecule is COc1ncc(C2CCC(C)CC2)c(=O)[nH]1. The molecule has 0 atom stereocenters. The molecule has 16 heavy (non-hydrogen) atoms. The van der Waals surface area contributed by atoms with Crippen molar-refractivity contribution in [2.45, 2.75) is 38.5 Å². The third-order valence-corrected chi connectivity index (χ3v) is 3.45. The van der Waals surface area contributed by atoms with Gasteiger partial charge in [0.05, 0.1) is 7.11 Å². The lowest BCUT2D eigenvalue weighted by molar-refractivity contribution is 0.342. The highest BCUT2D eigenvalue weighted by molar-refractivity contribution is 5.14. The van der Waals surface area contributed by atoms with E-state index in [1.807, 2.05) is 0 Å². The van der Waals surface area contributed by atoms with Crippen LogP contribution in [0.3, 0.4) is 0 Å². The lowest BCUT2D eigenvalue weighted by Gasteiger charge is -2.25. The zero-order valence-corrected chi connectivity index (χ0v) is 9.82. The van der Waals surface area contributed by atoms with Gasteiger partial charge in [-0.25, -0.2) is 4.98 Å². The van der Waals surface area contributed by atoms with E-state index >= 15 is 0 Å². The molecule has 0 saturated heterocycles. The Morgan fingerprint density at radius 1 is 1.38 bits per heavy atom. The summed E-state index contributed by atoms with van der Waals surface area (Å²) in [6.07, 6.45) is 6.26. The second-order valence-corrected chi connectivity index (χ2v) is 4.63. The Labute approximate surface area is 95.1 Å². The second kappa shape index (κ2) is 4.68. The summed E-state index contributed by atoms with van der Waals surface area (Å²) >= 11 is 0. The predicted octanol–water partition coefficient (Wildman–Crippen LogP) is 2.07. The van der Waals surface area contributed by atoms with Crippen LogP contribution in [-0.4, -0.2) is 17.1 Å². The average molecular weight is 222 g/mol. The van der Waals surface area contributed by atoms with Gasteiger partial charge in [0.1, 0.15) is 0 Å². The van der Waals surface area contributed by atoms with Gasteiger partial charge in [-0.15, -0.1) is 0 Å². The Morgan fingerprint density at radius 2 is 2.06 bits per heavy atom. The van der Waals surface area contributed by atoms with Gasteiger partial charge in [0.2, 0.25) is 0 Å². The van der Waals surface area contributed by atoms with Crippen molar-refractivity contribution in [1.29, 1.82) is 0 Å². The summed E-state index contributed by atoms with van der Waals surface area (Å²) in [5.74, 6) is 1.17. The Balaban J connectivity index is 2.18. The maximum Gasteiger partial charge on any atom is 0.296 e. The summed E-state index contributed by atoms with van der Waals surface area (Å²) in [6, 6.07) is 0.290. The monoisotopic (exact) mass is 222 g/mol. The second-order valence-electron chi connectivity index (χ2n) is 4.63. The zero-order chi connectivity index (χ0) is 11.5. The van der Waals surface area contributed by atoms with Crippen LogP contribution in [0.25, 0.3) is 0 Å². The standard InChI is InChI=1S/C12H18N2O2/c1-8-3-5-9(6-4-8)10-7-13-12(16-2)14-11(10)15/h7-9H,3-6H2,1-2H3,(H,13,14,15). The van der Waals surface area contributed by atoms with Crippen LogP contribution in [0.2, 0.25) is 0 Å². The van der Waals surface area contributed by atoms with Gasteiger partial charge in [-0.05, 0) is 24.7 Å². The van der Waals surface area contributed by atoms with E-state index in [2.05, 4.69) is 16.9 Å². The van der Waals surface area contributed by atoms with Crippen LogP contribution in [0.15, 0.2) is 11.0 Å². The minimum Gasteiger partial charge on any atom is -0.468 e. The lowest BCUT2D eigenvalue weighted by Crippen LogP contribution is -2.21. The molecule has 1 aliphatic rings. The minimum atomic E-state index is -0.0496. The van der Waals surface area contributed by atoms with Crippen molar-refractivity contribution in [3.05, 3.63) is 22.1 Å². The van der Waals surface area contributed by atoms with Gasteiger partial charge in [0, 0.05) is 11.8 Å². The quantitative estimate of drug-likeness (QED) is 0.833. The first-order valence-corrected chi connectivity index (χ1v) is 5.84. The summed E-state index contributed by atoms with van der Waals surface area (Å²) in [4.78, 5) is 18.5. The summed E-state index contributed by atoms with van der Waals surface area (Å²) in [5.41, 5.74) is 0.763. The molecule has 1 saturated carbocycles. The van der Waals surface area contributed by atoms with Gasteiger partial charge < -0.3 is 4.74 Å². The van der Waals surface area contributed by atoms with Crippen LogP contribution >= 0.6 is 0 Å². The van der Waals surface area contributed by atoms with E-state index in [1.165, 1.54) is 20.0 Å². The number of rotatable bonds is 2. The highest BCUT2D eigenvalue weighted by atomic mass is 16.5. The van der Waals surface area contributed by atoms with Crippen molar-refractivity contribution >= 4 is 0 Å². The predicted molar refractivity (Wildman–Crippen MR) is 61.8 cm³/mol. The van der Waals surface area contributed by atoms with Crippen LogP contribution in [-0.2, 0) is 0 Å². The molecule has 1 heterocycles. The molecule has 1 aromatic rings. The van der Waals surface area contributed by atoms with Crippen molar-refractivity contribution in [1.82, 2.24) is 9.97 Å². The molecule has 0 amide bonds. The maximum atomic E-state index is 11.8. The molecule has 0 aliphatic heterocycles. The Bertz CT molecular complexity index is 406. The fourth-order valence-electron chi connectivity index (χ4n) is 2.35. The number of hydrogen-bond acceptors (Lipinski definition) is 3. The van der Waals surface area contributed by atoms with Gasteiger partial charge in [-0.1, -0.05) is 19.8 Å². The number of nitrogens with zero attached hydrogens (tertiary/aromatic N) is 1. The molecule has 0 unspecified atom stereocenters. The third-order valence-electron chi connectivity index (χ3n) is 3.45. The van der Waals surface area contributed by atoms with Gasteiger partial charge >= 0.3 is 0 Å². The molecule has 1 N–H and O–H groups in total. The molecular formula is C12H18N2O2. The number of H-pyrrole nitrogens is 1. The molecule has 1 fully saturated rings. The summed E-state index contributed by atoms with van der Waals surface area (Å²) in [5, 5.41) is 0. The summed E-state index contributed by atoms with van der Waals surface area (Å²) in [7, 11) is 1.50. The molecule has 1 aliphatic carbocycles. The molecular weight excluding hydrogens is 204 g/mol. The highest BCUT2D eigenvalue weighted by Crippen LogP contribution is 2.33. The first-order chi connectivity index (χ1) is 7.70.